The number of hydrogen-bond acceptors (Lipinski definition) is 3. The second-order valence-electron chi connectivity index (χ2n) is 7.68. The van der Waals surface area contributed by atoms with Crippen molar-refractivity contribution < 1.29 is 0 Å². The van der Waals surface area contributed by atoms with Crippen molar-refractivity contribution >= 4 is 11.8 Å². The van der Waals surface area contributed by atoms with E-state index in [-0.39, 0.29) is 0 Å². The van der Waals surface area contributed by atoms with Crippen LogP contribution >= 0.6 is 11.8 Å². The van der Waals surface area contributed by atoms with Crippen LogP contribution in [0.3, 0.4) is 0 Å². The third-order valence-corrected chi connectivity index (χ3v) is 5.92. The van der Waals surface area contributed by atoms with Gasteiger partial charge in [0.25, 0.3) is 0 Å². The van der Waals surface area contributed by atoms with Crippen molar-refractivity contribution in [3.05, 3.63) is 0 Å². The van der Waals surface area contributed by atoms with Crippen molar-refractivity contribution in [1.82, 2.24) is 10.2 Å². The minimum atomic E-state index is 0.365. The molecule has 2 atom stereocenters. The molecule has 0 spiro atoms. The average Bonchev–Trinajstić information content (AvgIpc) is 2.38. The number of rotatable bonds is 2. The van der Waals surface area contributed by atoms with Crippen LogP contribution < -0.4 is 5.32 Å². The van der Waals surface area contributed by atoms with Crippen molar-refractivity contribution in [1.29, 1.82) is 0 Å². The fraction of sp³-hybridized carbons (Fsp3) is 1.00. The quantitative estimate of drug-likeness (QED) is 0.838. The molecule has 2 aliphatic rings. The summed E-state index contributed by atoms with van der Waals surface area (Å²) in [5, 5.41) is 3.81. The largest absolute Gasteiger partial charge is 0.311 e. The van der Waals surface area contributed by atoms with Crippen molar-refractivity contribution in [2.45, 2.75) is 65.6 Å². The predicted molar refractivity (Wildman–Crippen MR) is 86.9 cm³/mol. The van der Waals surface area contributed by atoms with Crippen LogP contribution in [0.25, 0.3) is 0 Å². The molecule has 19 heavy (non-hydrogen) atoms. The van der Waals surface area contributed by atoms with Gasteiger partial charge in [-0.2, -0.15) is 11.8 Å². The summed E-state index contributed by atoms with van der Waals surface area (Å²) in [6, 6.07) is 2.20. The van der Waals surface area contributed by atoms with Gasteiger partial charge < -0.3 is 5.32 Å². The maximum Gasteiger partial charge on any atom is 0.0247 e. The van der Waals surface area contributed by atoms with E-state index in [9.17, 15) is 0 Å². The highest BCUT2D eigenvalue weighted by Crippen LogP contribution is 2.31. The second-order valence-corrected chi connectivity index (χ2v) is 8.90. The van der Waals surface area contributed by atoms with Crippen LogP contribution in [0.15, 0.2) is 0 Å². The molecule has 2 saturated heterocycles. The Hall–Kier alpha value is 0.270. The predicted octanol–water partition coefficient (Wildman–Crippen LogP) is 3.23. The van der Waals surface area contributed by atoms with Crippen LogP contribution in [-0.2, 0) is 0 Å². The summed E-state index contributed by atoms with van der Waals surface area (Å²) in [6.45, 7) is 14.3. The lowest BCUT2D eigenvalue weighted by molar-refractivity contribution is 0.0261. The Morgan fingerprint density at radius 1 is 1.16 bits per heavy atom. The van der Waals surface area contributed by atoms with Gasteiger partial charge in [0.1, 0.15) is 0 Å². The zero-order valence-electron chi connectivity index (χ0n) is 13.4. The maximum atomic E-state index is 3.81. The van der Waals surface area contributed by atoms with E-state index in [2.05, 4.69) is 56.6 Å². The zero-order chi connectivity index (χ0) is 14.0. The van der Waals surface area contributed by atoms with Gasteiger partial charge in [0.15, 0.2) is 0 Å². The van der Waals surface area contributed by atoms with Crippen LogP contribution in [0, 0.1) is 11.3 Å². The highest BCUT2D eigenvalue weighted by atomic mass is 32.2. The fourth-order valence-corrected chi connectivity index (χ4v) is 4.51. The lowest BCUT2D eigenvalue weighted by atomic mass is 9.83. The molecule has 1 N–H and O–H groups in total. The van der Waals surface area contributed by atoms with E-state index in [4.69, 9.17) is 0 Å². The maximum absolute atomic E-state index is 3.81. The highest BCUT2D eigenvalue weighted by molar-refractivity contribution is 7.99. The number of hydrogen-bond donors (Lipinski definition) is 1. The van der Waals surface area contributed by atoms with Crippen molar-refractivity contribution in [2.24, 2.45) is 11.3 Å². The third-order valence-electron chi connectivity index (χ3n) is 4.87. The summed E-state index contributed by atoms with van der Waals surface area (Å²) < 4.78 is 0. The Morgan fingerprint density at radius 3 is 2.32 bits per heavy atom. The van der Waals surface area contributed by atoms with Gasteiger partial charge >= 0.3 is 0 Å². The summed E-state index contributed by atoms with van der Waals surface area (Å²) in [5.74, 6) is 3.47. The molecule has 2 nitrogen and oxygen atoms in total. The summed E-state index contributed by atoms with van der Waals surface area (Å²) in [5.41, 5.74) is 0.365. The molecule has 2 aliphatic heterocycles. The lowest BCUT2D eigenvalue weighted by Crippen LogP contribution is -2.64. The molecule has 2 fully saturated rings. The Bertz CT molecular complexity index is 279. The van der Waals surface area contributed by atoms with Gasteiger partial charge in [-0.1, -0.05) is 34.6 Å². The van der Waals surface area contributed by atoms with Crippen LogP contribution in [0.2, 0.25) is 0 Å². The third kappa shape index (κ3) is 3.89. The Morgan fingerprint density at radius 2 is 1.79 bits per heavy atom. The smallest absolute Gasteiger partial charge is 0.0247 e. The van der Waals surface area contributed by atoms with Crippen LogP contribution in [0.1, 0.15) is 47.5 Å². The van der Waals surface area contributed by atoms with Gasteiger partial charge in [-0.05, 0) is 35.7 Å². The van der Waals surface area contributed by atoms with E-state index in [1.54, 1.807) is 0 Å². The second kappa shape index (κ2) is 6.36. The van der Waals surface area contributed by atoms with Crippen molar-refractivity contribution in [3.63, 3.8) is 0 Å². The molecular weight excluding hydrogens is 252 g/mol. The molecule has 0 saturated carbocycles. The molecule has 0 radical (unpaired) electrons. The first-order chi connectivity index (χ1) is 8.89. The Kier molecular flexibility index (Phi) is 5.24. The van der Waals surface area contributed by atoms with Gasteiger partial charge in [-0.25, -0.2) is 0 Å². The molecule has 2 rings (SSSR count). The van der Waals surface area contributed by atoms with Crippen molar-refractivity contribution in [2.75, 3.05) is 24.6 Å². The molecule has 0 amide bonds. The number of nitrogens with zero attached hydrogens (tertiary/aromatic N) is 1. The normalized spacial score (nSPS) is 31.9. The average molecular weight is 285 g/mol. The molecule has 2 unspecified atom stereocenters. The van der Waals surface area contributed by atoms with Gasteiger partial charge in [0, 0.05) is 31.2 Å². The van der Waals surface area contributed by atoms with Gasteiger partial charge in [-0.3, -0.25) is 4.90 Å². The summed E-state index contributed by atoms with van der Waals surface area (Å²) >= 11 is 2.14. The molecule has 0 aliphatic carbocycles. The topological polar surface area (TPSA) is 15.3 Å². The van der Waals surface area contributed by atoms with Gasteiger partial charge in [0.2, 0.25) is 0 Å². The van der Waals surface area contributed by atoms with Crippen LogP contribution in [0.5, 0.6) is 0 Å². The lowest BCUT2D eigenvalue weighted by Gasteiger charge is -2.50. The van der Waals surface area contributed by atoms with Crippen LogP contribution in [0.4, 0.5) is 0 Å². The summed E-state index contributed by atoms with van der Waals surface area (Å²) in [4.78, 5) is 2.86. The molecule has 112 valence electrons. The van der Waals surface area contributed by atoms with E-state index in [0.29, 0.717) is 11.5 Å². The Labute approximate surface area is 124 Å². The summed E-state index contributed by atoms with van der Waals surface area (Å²) in [7, 11) is 0. The number of nitrogens with one attached hydrogen (secondary N) is 1. The first-order valence-electron chi connectivity index (χ1n) is 7.96. The molecule has 0 bridgehead atoms. The molecule has 0 aromatic carbocycles. The highest BCUT2D eigenvalue weighted by Gasteiger charge is 2.38. The Balaban J connectivity index is 2.08. The van der Waals surface area contributed by atoms with Gasteiger partial charge in [-0.15, -0.1) is 0 Å². The molecule has 3 heteroatoms. The van der Waals surface area contributed by atoms with E-state index < -0.39 is 0 Å². The molecule has 0 aromatic heterocycles. The molecule has 2 heterocycles. The minimum Gasteiger partial charge on any atom is -0.311 e. The molecular formula is C16H32N2S. The first kappa shape index (κ1) is 15.7. The molecule has 0 aromatic rings. The summed E-state index contributed by atoms with van der Waals surface area (Å²) in [6.07, 6.45) is 2.79. The van der Waals surface area contributed by atoms with E-state index in [0.717, 1.165) is 18.0 Å². The van der Waals surface area contributed by atoms with E-state index in [1.165, 1.54) is 37.4 Å². The minimum absolute atomic E-state index is 0.365. The van der Waals surface area contributed by atoms with E-state index in [1.807, 2.05) is 0 Å². The number of thioether (sulfide) groups is 1. The first-order valence-corrected chi connectivity index (χ1v) is 9.12. The monoisotopic (exact) mass is 284 g/mol. The van der Waals surface area contributed by atoms with E-state index >= 15 is 0 Å². The van der Waals surface area contributed by atoms with Gasteiger partial charge in [0.05, 0.1) is 0 Å². The van der Waals surface area contributed by atoms with Crippen LogP contribution in [-0.4, -0.2) is 47.6 Å². The SMILES string of the molecule is CC(C)C1CNC(C(C)(C)C)CN1C1CCSCC1. The number of piperazine rings is 1. The standard InChI is InChI=1S/C16H32N2S/c1-12(2)14-10-17-15(16(3,4)5)11-18(14)13-6-8-19-9-7-13/h12-15,17H,6-11H2,1-5H3. The van der Waals surface area contributed by atoms with Crippen molar-refractivity contribution in [3.8, 4) is 0 Å². The fourth-order valence-electron chi connectivity index (χ4n) is 3.43. The zero-order valence-corrected chi connectivity index (χ0v) is 14.2.